The lowest BCUT2D eigenvalue weighted by Gasteiger charge is -2.16. The van der Waals surface area contributed by atoms with Gasteiger partial charge >= 0.3 is 0 Å². The zero-order chi connectivity index (χ0) is 16.4. The van der Waals surface area contributed by atoms with Gasteiger partial charge in [-0.1, -0.05) is 11.3 Å². The molecular weight excluding hydrogens is 294 g/mol. The molecule has 8 heteroatoms. The second kappa shape index (κ2) is 5.99. The minimum atomic E-state index is -0.210. The summed E-state index contributed by atoms with van der Waals surface area (Å²) in [4.78, 5) is 22.8. The summed E-state index contributed by atoms with van der Waals surface area (Å²) in [5.74, 6) is 0.619. The maximum atomic E-state index is 12.3. The van der Waals surface area contributed by atoms with Crippen molar-refractivity contribution in [3.8, 4) is 0 Å². The van der Waals surface area contributed by atoms with E-state index >= 15 is 0 Å². The van der Waals surface area contributed by atoms with E-state index < -0.39 is 0 Å². The van der Waals surface area contributed by atoms with Gasteiger partial charge in [0.15, 0.2) is 5.65 Å². The first-order chi connectivity index (χ1) is 11.1. The van der Waals surface area contributed by atoms with Crippen LogP contribution in [0.4, 0.5) is 5.82 Å². The number of fused-ring (bicyclic) bond motifs is 1. The molecule has 8 nitrogen and oxygen atoms in total. The number of rotatable bonds is 4. The summed E-state index contributed by atoms with van der Waals surface area (Å²) in [5, 5.41) is 10.7. The predicted octanol–water partition coefficient (Wildman–Crippen LogP) is 0.754. The number of anilines is 1. The minimum absolute atomic E-state index is 0.210. The Kier molecular flexibility index (Phi) is 3.88. The van der Waals surface area contributed by atoms with Crippen LogP contribution in [0.3, 0.4) is 0 Å². The van der Waals surface area contributed by atoms with Crippen molar-refractivity contribution in [3.63, 3.8) is 0 Å². The molecule has 0 saturated carbocycles. The number of carbonyl (C=O) groups is 1. The molecule has 0 aliphatic heterocycles. The Labute approximate surface area is 133 Å². The SMILES string of the molecule is CN(C)c1ncccc1CNC(=O)c1cnc2c(c1)nnn2C. The topological polar surface area (TPSA) is 88.8 Å². The maximum Gasteiger partial charge on any atom is 0.253 e. The summed E-state index contributed by atoms with van der Waals surface area (Å²) < 4.78 is 1.57. The smallest absolute Gasteiger partial charge is 0.253 e. The van der Waals surface area contributed by atoms with E-state index in [1.165, 1.54) is 6.20 Å². The Morgan fingerprint density at radius 1 is 1.35 bits per heavy atom. The molecule has 0 unspecified atom stereocenters. The van der Waals surface area contributed by atoms with E-state index in [4.69, 9.17) is 0 Å². The van der Waals surface area contributed by atoms with Crippen molar-refractivity contribution in [2.24, 2.45) is 7.05 Å². The Morgan fingerprint density at radius 3 is 2.96 bits per heavy atom. The molecule has 0 aliphatic rings. The Hall–Kier alpha value is -3.03. The molecule has 3 aromatic rings. The van der Waals surface area contributed by atoms with Crippen molar-refractivity contribution in [2.45, 2.75) is 6.54 Å². The van der Waals surface area contributed by atoms with Crippen LogP contribution >= 0.6 is 0 Å². The summed E-state index contributed by atoms with van der Waals surface area (Å²) in [7, 11) is 5.59. The van der Waals surface area contributed by atoms with Crippen LogP contribution in [0, 0.1) is 0 Å². The molecule has 3 heterocycles. The number of hydrogen-bond donors (Lipinski definition) is 1. The fourth-order valence-electron chi connectivity index (χ4n) is 2.30. The van der Waals surface area contributed by atoms with Crippen molar-refractivity contribution in [1.82, 2.24) is 30.3 Å². The number of amides is 1. The highest BCUT2D eigenvalue weighted by Crippen LogP contribution is 2.14. The lowest BCUT2D eigenvalue weighted by Crippen LogP contribution is -2.24. The highest BCUT2D eigenvalue weighted by molar-refractivity contribution is 5.96. The van der Waals surface area contributed by atoms with Gasteiger partial charge in [0.25, 0.3) is 5.91 Å². The molecule has 0 fully saturated rings. The van der Waals surface area contributed by atoms with Gasteiger partial charge in [0.05, 0.1) is 5.56 Å². The van der Waals surface area contributed by atoms with Gasteiger partial charge in [0, 0.05) is 45.6 Å². The first kappa shape index (κ1) is 14.9. The zero-order valence-electron chi connectivity index (χ0n) is 13.2. The monoisotopic (exact) mass is 311 g/mol. The molecule has 0 radical (unpaired) electrons. The molecule has 0 bridgehead atoms. The average molecular weight is 311 g/mol. The normalized spacial score (nSPS) is 10.7. The van der Waals surface area contributed by atoms with E-state index in [-0.39, 0.29) is 5.91 Å². The van der Waals surface area contributed by atoms with Crippen LogP contribution in [0.1, 0.15) is 15.9 Å². The number of nitrogens with zero attached hydrogens (tertiary/aromatic N) is 6. The van der Waals surface area contributed by atoms with Gasteiger partial charge in [-0.2, -0.15) is 0 Å². The summed E-state index contributed by atoms with van der Waals surface area (Å²) in [5.41, 5.74) is 2.63. The Morgan fingerprint density at radius 2 is 2.17 bits per heavy atom. The van der Waals surface area contributed by atoms with E-state index in [0.29, 0.717) is 23.3 Å². The lowest BCUT2D eigenvalue weighted by molar-refractivity contribution is 0.0950. The number of pyridine rings is 2. The largest absolute Gasteiger partial charge is 0.362 e. The Balaban J connectivity index is 1.76. The van der Waals surface area contributed by atoms with Gasteiger partial charge in [-0.15, -0.1) is 5.10 Å². The third kappa shape index (κ3) is 2.96. The van der Waals surface area contributed by atoms with Crippen LogP contribution in [0.2, 0.25) is 0 Å². The average Bonchev–Trinajstić information content (AvgIpc) is 2.93. The van der Waals surface area contributed by atoms with Crippen molar-refractivity contribution in [1.29, 1.82) is 0 Å². The van der Waals surface area contributed by atoms with Crippen LogP contribution in [-0.2, 0) is 13.6 Å². The highest BCUT2D eigenvalue weighted by Gasteiger charge is 2.12. The summed E-state index contributed by atoms with van der Waals surface area (Å²) in [6.45, 7) is 0.388. The number of carbonyl (C=O) groups excluding carboxylic acids is 1. The Bertz CT molecular complexity index is 856. The first-order valence-corrected chi connectivity index (χ1v) is 7.11. The molecule has 3 aromatic heterocycles. The second-order valence-electron chi connectivity index (χ2n) is 5.34. The van der Waals surface area contributed by atoms with Gasteiger partial charge in [0.2, 0.25) is 0 Å². The number of aryl methyl sites for hydroxylation is 1. The number of nitrogens with one attached hydrogen (secondary N) is 1. The van der Waals surface area contributed by atoms with E-state index in [0.717, 1.165) is 11.4 Å². The predicted molar refractivity (Wildman–Crippen MR) is 86.0 cm³/mol. The van der Waals surface area contributed by atoms with E-state index in [1.807, 2.05) is 31.1 Å². The first-order valence-electron chi connectivity index (χ1n) is 7.11. The summed E-state index contributed by atoms with van der Waals surface area (Å²) >= 11 is 0. The third-order valence-corrected chi connectivity index (χ3v) is 3.43. The number of aromatic nitrogens is 5. The van der Waals surface area contributed by atoms with E-state index in [9.17, 15) is 4.79 Å². The van der Waals surface area contributed by atoms with Gasteiger partial charge in [-0.25, -0.2) is 14.6 Å². The third-order valence-electron chi connectivity index (χ3n) is 3.43. The second-order valence-corrected chi connectivity index (χ2v) is 5.34. The molecule has 0 saturated heterocycles. The van der Waals surface area contributed by atoms with Crippen molar-refractivity contribution in [3.05, 3.63) is 41.7 Å². The van der Waals surface area contributed by atoms with Crippen LogP contribution in [0.15, 0.2) is 30.6 Å². The van der Waals surface area contributed by atoms with Gasteiger partial charge in [-0.05, 0) is 12.1 Å². The quantitative estimate of drug-likeness (QED) is 0.765. The fourth-order valence-corrected chi connectivity index (χ4v) is 2.30. The van der Waals surface area contributed by atoms with Crippen LogP contribution in [0.5, 0.6) is 0 Å². The van der Waals surface area contributed by atoms with Gasteiger partial charge in [-0.3, -0.25) is 4.79 Å². The number of hydrogen-bond acceptors (Lipinski definition) is 6. The summed E-state index contributed by atoms with van der Waals surface area (Å²) in [6, 6.07) is 5.47. The van der Waals surface area contributed by atoms with Gasteiger partial charge in [0.1, 0.15) is 11.3 Å². The van der Waals surface area contributed by atoms with Crippen molar-refractivity contribution < 1.29 is 4.79 Å². The summed E-state index contributed by atoms with van der Waals surface area (Å²) in [6.07, 6.45) is 3.25. The van der Waals surface area contributed by atoms with Crippen LogP contribution < -0.4 is 10.2 Å². The molecule has 23 heavy (non-hydrogen) atoms. The molecule has 0 atom stereocenters. The van der Waals surface area contributed by atoms with Crippen molar-refractivity contribution in [2.75, 3.05) is 19.0 Å². The molecule has 1 amide bonds. The van der Waals surface area contributed by atoms with E-state index in [2.05, 4.69) is 25.6 Å². The fraction of sp³-hybridized carbons (Fsp3) is 0.267. The van der Waals surface area contributed by atoms with E-state index in [1.54, 1.807) is 24.0 Å². The van der Waals surface area contributed by atoms with Crippen molar-refractivity contribution >= 4 is 22.9 Å². The lowest BCUT2D eigenvalue weighted by atomic mass is 10.2. The standard InChI is InChI=1S/C15H17N7O/c1-21(2)13-10(5-4-6-16-13)8-18-15(23)11-7-12-14(17-9-11)22(3)20-19-12/h4-7,9H,8H2,1-3H3,(H,18,23). The minimum Gasteiger partial charge on any atom is -0.362 e. The molecule has 118 valence electrons. The van der Waals surface area contributed by atoms with Crippen LogP contribution in [-0.4, -0.2) is 45.0 Å². The molecule has 1 N–H and O–H groups in total. The van der Waals surface area contributed by atoms with Crippen LogP contribution in [0.25, 0.3) is 11.2 Å². The molecule has 0 aliphatic carbocycles. The molecular formula is C15H17N7O. The zero-order valence-corrected chi connectivity index (χ0v) is 13.2. The van der Waals surface area contributed by atoms with Gasteiger partial charge < -0.3 is 10.2 Å². The molecule has 0 aromatic carbocycles. The molecule has 0 spiro atoms. The molecule has 3 rings (SSSR count). The highest BCUT2D eigenvalue weighted by atomic mass is 16.1. The maximum absolute atomic E-state index is 12.3.